The lowest BCUT2D eigenvalue weighted by Gasteiger charge is -2.51. The van der Waals surface area contributed by atoms with E-state index in [1.807, 2.05) is 19.3 Å². The second-order valence-electron chi connectivity index (χ2n) is 10.5. The van der Waals surface area contributed by atoms with Gasteiger partial charge < -0.3 is 15.5 Å². The van der Waals surface area contributed by atoms with Crippen molar-refractivity contribution in [2.75, 3.05) is 20.1 Å². The highest BCUT2D eigenvalue weighted by atomic mass is 35.5. The zero-order valence-corrected chi connectivity index (χ0v) is 23.5. The number of pyridine rings is 1. The van der Waals surface area contributed by atoms with Gasteiger partial charge in [0.1, 0.15) is 0 Å². The molecule has 0 saturated carbocycles. The zero-order valence-electron chi connectivity index (χ0n) is 22.8. The predicted molar refractivity (Wildman–Crippen MR) is 158 cm³/mol. The molecule has 3 aliphatic rings. The smallest absolute Gasteiger partial charge is 0.0815 e. The molecule has 0 amide bonds. The monoisotopic (exact) mass is 519 g/mol. The maximum Gasteiger partial charge on any atom is 0.0815 e. The highest BCUT2D eigenvalue weighted by Gasteiger charge is 2.37. The number of aliphatic imine (C=N–C) groups is 1. The van der Waals surface area contributed by atoms with Crippen LogP contribution in [0.2, 0.25) is 5.02 Å². The number of allylic oxidation sites excluding steroid dienone is 2. The van der Waals surface area contributed by atoms with Crippen molar-refractivity contribution in [3.8, 4) is 0 Å². The average Bonchev–Trinajstić information content (AvgIpc) is 2.90. The fourth-order valence-electron chi connectivity index (χ4n) is 5.89. The van der Waals surface area contributed by atoms with Gasteiger partial charge in [-0.05, 0) is 87.8 Å². The number of fused-ring (bicyclic) bond motifs is 4. The summed E-state index contributed by atoms with van der Waals surface area (Å²) in [4.78, 5) is 14.0. The summed E-state index contributed by atoms with van der Waals surface area (Å²) in [6, 6.07) is 7.34. The van der Waals surface area contributed by atoms with Gasteiger partial charge in [0.25, 0.3) is 0 Å². The number of nitrogens with two attached hydrogens (primary N) is 1. The first-order valence-electron chi connectivity index (χ1n) is 13.7. The van der Waals surface area contributed by atoms with Gasteiger partial charge in [0.2, 0.25) is 0 Å². The fourth-order valence-corrected chi connectivity index (χ4v) is 6.26. The molecule has 2 saturated heterocycles. The first-order valence-corrected chi connectivity index (χ1v) is 14.1. The Kier molecular flexibility index (Phi) is 8.96. The quantitative estimate of drug-likeness (QED) is 0.453. The van der Waals surface area contributed by atoms with Gasteiger partial charge in [-0.2, -0.15) is 0 Å². The van der Waals surface area contributed by atoms with Gasteiger partial charge in [-0.15, -0.1) is 0 Å². The number of aromatic nitrogens is 1. The van der Waals surface area contributed by atoms with Gasteiger partial charge in [-0.1, -0.05) is 43.8 Å². The lowest BCUT2D eigenvalue weighted by molar-refractivity contribution is 0.0429. The predicted octanol–water partition coefficient (Wildman–Crippen LogP) is 6.58. The maximum atomic E-state index is 6.47. The van der Waals surface area contributed by atoms with Crippen LogP contribution in [0.25, 0.3) is 10.9 Å². The number of halogens is 1. The number of nitrogens with zero attached hydrogens (tertiary/aromatic N) is 4. The number of rotatable bonds is 5. The van der Waals surface area contributed by atoms with Crippen molar-refractivity contribution >= 4 is 28.2 Å². The van der Waals surface area contributed by atoms with Crippen LogP contribution < -0.4 is 5.73 Å². The Labute approximate surface area is 227 Å². The first kappa shape index (κ1) is 27.3. The van der Waals surface area contributed by atoms with Gasteiger partial charge in [0.05, 0.1) is 21.9 Å². The van der Waals surface area contributed by atoms with Crippen LogP contribution in [0.15, 0.2) is 60.0 Å². The van der Waals surface area contributed by atoms with Gasteiger partial charge in [-0.3, -0.25) is 9.98 Å². The summed E-state index contributed by atoms with van der Waals surface area (Å²) in [6.07, 6.45) is 13.2. The summed E-state index contributed by atoms with van der Waals surface area (Å²) in [5.74, 6) is 0. The molecule has 2 aliphatic heterocycles. The van der Waals surface area contributed by atoms with Crippen molar-refractivity contribution < 1.29 is 0 Å². The van der Waals surface area contributed by atoms with Crippen LogP contribution in [0.3, 0.4) is 0 Å². The minimum atomic E-state index is 0.510. The van der Waals surface area contributed by atoms with E-state index in [0.29, 0.717) is 12.1 Å². The molecule has 37 heavy (non-hydrogen) atoms. The summed E-state index contributed by atoms with van der Waals surface area (Å²) >= 11 is 6.47. The SMILES string of the molecule is C=CN1CC2CCCC(C1)N2C(=C)C(/C=C(/N)CC)=NC.Cc1ccc2c(Cl)c3c(nc2c1)CCCC3. The number of likely N-dealkylation sites (tertiary alicyclic amines) is 1. The minimum Gasteiger partial charge on any atom is -0.402 e. The molecule has 5 nitrogen and oxygen atoms in total. The standard InChI is InChI=1S/C17H28N4.C14H14ClN/c1-5-14(18)10-17(19-4)13(3)21-15-8-7-9-16(21)12-20(6-2)11-15;1-9-6-7-11-13(8-9)16-12-5-3-2-4-10(12)14(11)15/h6,10,15-16H,2-3,5,7-9,11-12,18H2,1,4H3;6-8H,2-5H2,1H3/b14-10+,19-17?;. The molecule has 2 fully saturated rings. The third-order valence-electron chi connectivity index (χ3n) is 7.94. The van der Waals surface area contributed by atoms with E-state index in [2.05, 4.69) is 60.0 Å². The lowest BCUT2D eigenvalue weighted by Crippen LogP contribution is -2.59. The molecule has 2 unspecified atom stereocenters. The minimum absolute atomic E-state index is 0.510. The highest BCUT2D eigenvalue weighted by Crippen LogP contribution is 2.34. The van der Waals surface area contributed by atoms with Crippen LogP contribution in [0.1, 0.15) is 62.3 Å². The Bertz CT molecular complexity index is 1200. The Morgan fingerprint density at radius 3 is 2.54 bits per heavy atom. The number of aryl methyl sites for hydroxylation is 2. The van der Waals surface area contributed by atoms with E-state index in [1.165, 1.54) is 48.9 Å². The normalized spacial score (nSPS) is 21.7. The third kappa shape index (κ3) is 6.04. The first-order chi connectivity index (χ1) is 17.9. The second-order valence-corrected chi connectivity index (χ2v) is 10.9. The Balaban J connectivity index is 0.000000179. The molecule has 1 aliphatic carbocycles. The number of piperazine rings is 1. The zero-order chi connectivity index (χ0) is 26.5. The van der Waals surface area contributed by atoms with Crippen LogP contribution in [0, 0.1) is 6.92 Å². The van der Waals surface area contributed by atoms with Gasteiger partial charge in [0, 0.05) is 49.0 Å². The summed E-state index contributed by atoms with van der Waals surface area (Å²) in [5, 5.41) is 2.03. The van der Waals surface area contributed by atoms with Crippen LogP contribution in [0.5, 0.6) is 0 Å². The molecule has 5 rings (SSSR count). The van der Waals surface area contributed by atoms with E-state index in [-0.39, 0.29) is 0 Å². The molecule has 6 heteroatoms. The topological polar surface area (TPSA) is 57.8 Å². The number of benzene rings is 1. The summed E-state index contributed by atoms with van der Waals surface area (Å²) in [5.41, 5.74) is 13.6. The molecule has 2 N–H and O–H groups in total. The van der Waals surface area contributed by atoms with Crippen LogP contribution in [-0.4, -0.2) is 52.7 Å². The Morgan fingerprint density at radius 1 is 1.19 bits per heavy atom. The van der Waals surface area contributed by atoms with Crippen molar-refractivity contribution in [2.45, 2.75) is 77.3 Å². The van der Waals surface area contributed by atoms with Crippen molar-refractivity contribution in [1.82, 2.24) is 14.8 Å². The molecule has 198 valence electrons. The molecule has 1 aromatic carbocycles. The molecule has 0 spiro atoms. The third-order valence-corrected chi connectivity index (χ3v) is 8.37. The highest BCUT2D eigenvalue weighted by molar-refractivity contribution is 6.36. The number of hydrogen-bond acceptors (Lipinski definition) is 5. The van der Waals surface area contributed by atoms with E-state index in [4.69, 9.17) is 22.3 Å². The van der Waals surface area contributed by atoms with E-state index in [1.54, 1.807) is 0 Å². The molecule has 2 atom stereocenters. The van der Waals surface area contributed by atoms with E-state index < -0.39 is 0 Å². The molecule has 1 aromatic heterocycles. The van der Waals surface area contributed by atoms with Crippen molar-refractivity contribution in [2.24, 2.45) is 10.7 Å². The molecule has 2 bridgehead atoms. The number of hydrogen-bond donors (Lipinski definition) is 1. The Morgan fingerprint density at radius 2 is 1.89 bits per heavy atom. The largest absolute Gasteiger partial charge is 0.402 e. The second kappa shape index (κ2) is 12.2. The molecule has 2 aromatic rings. The lowest BCUT2D eigenvalue weighted by atomic mass is 9.90. The van der Waals surface area contributed by atoms with Crippen LogP contribution in [0.4, 0.5) is 0 Å². The van der Waals surface area contributed by atoms with Crippen LogP contribution in [-0.2, 0) is 12.8 Å². The van der Waals surface area contributed by atoms with Gasteiger partial charge in [-0.25, -0.2) is 0 Å². The van der Waals surface area contributed by atoms with Crippen molar-refractivity contribution in [3.05, 3.63) is 76.9 Å². The summed E-state index contributed by atoms with van der Waals surface area (Å²) < 4.78 is 0. The summed E-state index contributed by atoms with van der Waals surface area (Å²) in [7, 11) is 1.82. The van der Waals surface area contributed by atoms with Gasteiger partial charge >= 0.3 is 0 Å². The Hall–Kier alpha value is -2.79. The van der Waals surface area contributed by atoms with E-state index >= 15 is 0 Å². The van der Waals surface area contributed by atoms with E-state index in [0.717, 1.165) is 65.4 Å². The average molecular weight is 520 g/mol. The van der Waals surface area contributed by atoms with Gasteiger partial charge in [0.15, 0.2) is 0 Å². The molecular formula is C31H42ClN5. The maximum absolute atomic E-state index is 6.47. The molecule has 3 heterocycles. The van der Waals surface area contributed by atoms with E-state index in [9.17, 15) is 0 Å². The molecular weight excluding hydrogens is 478 g/mol. The summed E-state index contributed by atoms with van der Waals surface area (Å²) in [6.45, 7) is 14.4. The molecule has 0 radical (unpaired) electrons. The fraction of sp³-hybridized carbons (Fsp3) is 0.484. The van der Waals surface area contributed by atoms with Crippen LogP contribution >= 0.6 is 11.6 Å². The van der Waals surface area contributed by atoms with Crippen molar-refractivity contribution in [3.63, 3.8) is 0 Å². The number of piperidine rings is 1. The van der Waals surface area contributed by atoms with Crippen molar-refractivity contribution in [1.29, 1.82) is 0 Å².